The van der Waals surface area contributed by atoms with Crippen LogP contribution in [0.2, 0.25) is 0 Å². The summed E-state index contributed by atoms with van der Waals surface area (Å²) >= 11 is 0. The van der Waals surface area contributed by atoms with E-state index in [1.165, 1.54) is 32.2 Å². The Labute approximate surface area is 101 Å². The first-order chi connectivity index (χ1) is 7.77. The monoisotopic (exact) mass is 228 g/mol. The fraction of sp³-hybridized carbons (Fsp3) is 1.00. The maximum Gasteiger partial charge on any atom is 0.0589 e. The molecule has 1 fully saturated rings. The maximum atomic E-state index is 5.14. The molecule has 1 unspecified atom stereocenters. The number of hydrogen-bond acceptors (Lipinski definition) is 3. The predicted molar refractivity (Wildman–Crippen MR) is 68.8 cm³/mol. The zero-order valence-electron chi connectivity index (χ0n) is 11.2. The van der Waals surface area contributed by atoms with Gasteiger partial charge in [-0.1, -0.05) is 6.92 Å². The summed E-state index contributed by atoms with van der Waals surface area (Å²) in [5, 5.41) is 3.57. The van der Waals surface area contributed by atoms with Gasteiger partial charge in [0.2, 0.25) is 0 Å². The van der Waals surface area contributed by atoms with E-state index < -0.39 is 0 Å². The lowest BCUT2D eigenvalue weighted by atomic mass is 10.1. The summed E-state index contributed by atoms with van der Waals surface area (Å²) in [7, 11) is 1.78. The van der Waals surface area contributed by atoms with Gasteiger partial charge in [-0.3, -0.25) is 4.90 Å². The van der Waals surface area contributed by atoms with Gasteiger partial charge in [0.05, 0.1) is 6.61 Å². The van der Waals surface area contributed by atoms with E-state index in [0.29, 0.717) is 6.04 Å². The highest BCUT2D eigenvalue weighted by atomic mass is 16.5. The fourth-order valence-electron chi connectivity index (χ4n) is 2.07. The molecule has 1 atom stereocenters. The predicted octanol–water partition coefficient (Wildman–Crippen LogP) is 1.88. The van der Waals surface area contributed by atoms with Gasteiger partial charge in [0.15, 0.2) is 0 Å². The molecular formula is C13H28N2O. The summed E-state index contributed by atoms with van der Waals surface area (Å²) in [5.41, 5.74) is 0. The minimum absolute atomic E-state index is 0.682. The highest BCUT2D eigenvalue weighted by Crippen LogP contribution is 2.18. The Kier molecular flexibility index (Phi) is 7.01. The maximum absolute atomic E-state index is 5.14. The standard InChI is InChI=1S/C13H28N2O/c1-4-15(10-11-16-3)12(2)6-5-9-14-13-7-8-13/h12-14H,4-11H2,1-3H3. The van der Waals surface area contributed by atoms with E-state index in [2.05, 4.69) is 24.1 Å². The molecule has 0 aromatic rings. The van der Waals surface area contributed by atoms with E-state index in [1.54, 1.807) is 7.11 Å². The van der Waals surface area contributed by atoms with Crippen molar-refractivity contribution in [2.45, 2.75) is 51.6 Å². The smallest absolute Gasteiger partial charge is 0.0589 e. The molecule has 1 N–H and O–H groups in total. The van der Waals surface area contributed by atoms with Crippen LogP contribution in [0.5, 0.6) is 0 Å². The van der Waals surface area contributed by atoms with Gasteiger partial charge in [0.25, 0.3) is 0 Å². The normalized spacial score (nSPS) is 18.0. The average molecular weight is 228 g/mol. The molecule has 1 rings (SSSR count). The number of methoxy groups -OCH3 is 1. The molecule has 0 aromatic carbocycles. The third kappa shape index (κ3) is 5.83. The van der Waals surface area contributed by atoms with Crippen molar-refractivity contribution in [1.82, 2.24) is 10.2 Å². The number of likely N-dealkylation sites (N-methyl/N-ethyl adjacent to an activating group) is 1. The second-order valence-electron chi connectivity index (χ2n) is 4.84. The van der Waals surface area contributed by atoms with E-state index in [-0.39, 0.29) is 0 Å². The summed E-state index contributed by atoms with van der Waals surface area (Å²) in [5.74, 6) is 0. The van der Waals surface area contributed by atoms with Gasteiger partial charge >= 0.3 is 0 Å². The van der Waals surface area contributed by atoms with Crippen LogP contribution < -0.4 is 5.32 Å². The Morgan fingerprint density at radius 3 is 2.75 bits per heavy atom. The average Bonchev–Trinajstić information content (AvgIpc) is 3.09. The van der Waals surface area contributed by atoms with Crippen molar-refractivity contribution in [2.24, 2.45) is 0 Å². The minimum Gasteiger partial charge on any atom is -0.383 e. The van der Waals surface area contributed by atoms with Gasteiger partial charge in [0, 0.05) is 25.7 Å². The second kappa shape index (κ2) is 8.04. The SMILES string of the molecule is CCN(CCOC)C(C)CCCNC1CC1. The molecule has 3 nitrogen and oxygen atoms in total. The Morgan fingerprint density at radius 1 is 1.44 bits per heavy atom. The zero-order valence-corrected chi connectivity index (χ0v) is 11.2. The first kappa shape index (κ1) is 13.9. The zero-order chi connectivity index (χ0) is 11.8. The first-order valence-electron chi connectivity index (χ1n) is 6.74. The quantitative estimate of drug-likeness (QED) is 0.578. The molecule has 0 aliphatic heterocycles. The molecule has 0 aromatic heterocycles. The molecular weight excluding hydrogens is 200 g/mol. The lowest BCUT2D eigenvalue weighted by Gasteiger charge is -2.27. The Bertz CT molecular complexity index is 171. The minimum atomic E-state index is 0.682. The topological polar surface area (TPSA) is 24.5 Å². The van der Waals surface area contributed by atoms with Gasteiger partial charge < -0.3 is 10.1 Å². The van der Waals surface area contributed by atoms with Crippen LogP contribution in [0.1, 0.15) is 39.5 Å². The van der Waals surface area contributed by atoms with Crippen LogP contribution in [0.15, 0.2) is 0 Å². The van der Waals surface area contributed by atoms with Crippen LogP contribution in [-0.4, -0.2) is 50.3 Å². The third-order valence-corrected chi connectivity index (χ3v) is 3.42. The van der Waals surface area contributed by atoms with Crippen LogP contribution in [0.3, 0.4) is 0 Å². The van der Waals surface area contributed by atoms with Crippen molar-refractivity contribution in [1.29, 1.82) is 0 Å². The van der Waals surface area contributed by atoms with Crippen LogP contribution in [0.25, 0.3) is 0 Å². The molecule has 1 saturated carbocycles. The van der Waals surface area contributed by atoms with Crippen molar-refractivity contribution in [3.8, 4) is 0 Å². The van der Waals surface area contributed by atoms with Crippen LogP contribution in [-0.2, 0) is 4.74 Å². The van der Waals surface area contributed by atoms with E-state index in [1.807, 2.05) is 0 Å². The summed E-state index contributed by atoms with van der Waals surface area (Å²) < 4.78 is 5.14. The Balaban J connectivity index is 2.02. The van der Waals surface area contributed by atoms with Crippen molar-refractivity contribution in [3.63, 3.8) is 0 Å². The summed E-state index contributed by atoms with van der Waals surface area (Å²) in [6.07, 6.45) is 5.37. The van der Waals surface area contributed by atoms with E-state index in [4.69, 9.17) is 4.74 Å². The molecule has 0 spiro atoms. The van der Waals surface area contributed by atoms with Gasteiger partial charge in [-0.15, -0.1) is 0 Å². The number of nitrogens with zero attached hydrogens (tertiary/aromatic N) is 1. The van der Waals surface area contributed by atoms with Crippen molar-refractivity contribution in [2.75, 3.05) is 33.4 Å². The molecule has 1 aliphatic carbocycles. The summed E-state index contributed by atoms with van der Waals surface area (Å²) in [4.78, 5) is 2.50. The lowest BCUT2D eigenvalue weighted by molar-refractivity contribution is 0.125. The molecule has 0 saturated heterocycles. The van der Waals surface area contributed by atoms with Crippen molar-refractivity contribution >= 4 is 0 Å². The number of hydrogen-bond donors (Lipinski definition) is 1. The molecule has 0 bridgehead atoms. The third-order valence-electron chi connectivity index (χ3n) is 3.42. The van der Waals surface area contributed by atoms with Crippen LogP contribution >= 0.6 is 0 Å². The highest BCUT2D eigenvalue weighted by Gasteiger charge is 2.19. The summed E-state index contributed by atoms with van der Waals surface area (Å²) in [6, 6.07) is 1.53. The molecule has 3 heteroatoms. The van der Waals surface area contributed by atoms with Crippen molar-refractivity contribution in [3.05, 3.63) is 0 Å². The molecule has 16 heavy (non-hydrogen) atoms. The fourth-order valence-corrected chi connectivity index (χ4v) is 2.07. The molecule has 0 heterocycles. The van der Waals surface area contributed by atoms with Gasteiger partial charge in [-0.05, 0) is 45.7 Å². The summed E-state index contributed by atoms with van der Waals surface area (Å²) in [6.45, 7) is 8.78. The highest BCUT2D eigenvalue weighted by molar-refractivity contribution is 4.80. The number of ether oxygens (including phenoxy) is 1. The Morgan fingerprint density at radius 2 is 2.19 bits per heavy atom. The van der Waals surface area contributed by atoms with E-state index >= 15 is 0 Å². The largest absolute Gasteiger partial charge is 0.383 e. The van der Waals surface area contributed by atoms with E-state index in [0.717, 1.165) is 25.7 Å². The second-order valence-corrected chi connectivity index (χ2v) is 4.84. The van der Waals surface area contributed by atoms with Gasteiger partial charge in [-0.25, -0.2) is 0 Å². The molecule has 0 amide bonds. The first-order valence-corrected chi connectivity index (χ1v) is 6.74. The molecule has 96 valence electrons. The molecule has 0 radical (unpaired) electrons. The van der Waals surface area contributed by atoms with Crippen molar-refractivity contribution < 1.29 is 4.74 Å². The van der Waals surface area contributed by atoms with Gasteiger partial charge in [-0.2, -0.15) is 0 Å². The van der Waals surface area contributed by atoms with Gasteiger partial charge in [0.1, 0.15) is 0 Å². The Hall–Kier alpha value is -0.120. The lowest BCUT2D eigenvalue weighted by Crippen LogP contribution is -2.36. The molecule has 1 aliphatic rings. The van der Waals surface area contributed by atoms with Crippen LogP contribution in [0, 0.1) is 0 Å². The van der Waals surface area contributed by atoms with Crippen LogP contribution in [0.4, 0.5) is 0 Å². The number of nitrogens with one attached hydrogen (secondary N) is 1. The van der Waals surface area contributed by atoms with E-state index in [9.17, 15) is 0 Å². The number of rotatable bonds is 10.